The number of thioether (sulfide) groups is 2. The number of fused-ring (bicyclic) bond motifs is 3. The van der Waals surface area contributed by atoms with E-state index in [1.54, 1.807) is 82.3 Å². The normalized spacial score (nSPS) is 12.5. The molecule has 0 atom stereocenters. The molecule has 2 aromatic heterocycles. The third kappa shape index (κ3) is 16.7. The molecule has 0 unspecified atom stereocenters. The standard InChI is InChI=1S/C51H50ClN11O14S5/c1-29-18-41(59-62-49-32(4)35(26-53)50-54-37-11-8-33(27-64)21-44(37)63(50)51(49)66)46(76-12-5-15-80(67,68)69)23-38(29)57-60-42-20-31(3)40(25-48(42)79-14-7-17-82(73,74)75)58-61-43-19-30(2)39(24-47(43)78-13-6-16-81(70,71)72)56-55-34-9-10-36(52)45(22-34)77-28-65/h8-11,18-25,28,64,66H,5-7,12-17,27H2,1-4H3,(H,67,68,69)(H,70,71,72)(H,73,74,75). The fourth-order valence-electron chi connectivity index (χ4n) is 7.70. The maximum absolute atomic E-state index is 11.6. The van der Waals surface area contributed by atoms with Crippen molar-refractivity contribution in [2.24, 2.45) is 40.9 Å². The number of carbonyl (C=O) groups is 1. The van der Waals surface area contributed by atoms with Crippen molar-refractivity contribution >= 4 is 134 Å². The highest BCUT2D eigenvalue weighted by molar-refractivity contribution is 7.99. The Morgan fingerprint density at radius 1 is 0.659 bits per heavy atom. The van der Waals surface area contributed by atoms with Gasteiger partial charge in [0.15, 0.2) is 17.1 Å². The first-order valence-corrected chi connectivity index (χ1v) is 31.4. The minimum atomic E-state index is -4.34. The van der Waals surface area contributed by atoms with Gasteiger partial charge in [-0.3, -0.25) is 22.9 Å². The van der Waals surface area contributed by atoms with Crippen LogP contribution in [0.4, 0.5) is 45.5 Å². The van der Waals surface area contributed by atoms with Crippen LogP contribution in [-0.2, 0) is 41.8 Å². The molecule has 0 bridgehead atoms. The molecule has 430 valence electrons. The van der Waals surface area contributed by atoms with E-state index in [2.05, 4.69) is 52.0 Å². The van der Waals surface area contributed by atoms with Crippen molar-refractivity contribution in [3.05, 3.63) is 111 Å². The fourth-order valence-corrected chi connectivity index (χ4v) is 11.6. The Morgan fingerprint density at radius 3 is 1.73 bits per heavy atom. The van der Waals surface area contributed by atoms with E-state index in [1.165, 1.54) is 46.1 Å². The van der Waals surface area contributed by atoms with Crippen molar-refractivity contribution in [3.8, 4) is 23.4 Å². The molecule has 31 heteroatoms. The average Bonchev–Trinajstić information content (AvgIpc) is 2.96. The number of aliphatic hydroxyl groups excluding tert-OH is 1. The number of aliphatic hydroxyl groups is 1. The Labute approximate surface area is 483 Å². The van der Waals surface area contributed by atoms with Gasteiger partial charge >= 0.3 is 0 Å². The second-order valence-corrected chi connectivity index (χ2v) is 25.3. The van der Waals surface area contributed by atoms with Crippen LogP contribution < -0.4 is 9.47 Å². The van der Waals surface area contributed by atoms with Crippen molar-refractivity contribution in [1.29, 1.82) is 5.26 Å². The lowest BCUT2D eigenvalue weighted by molar-refractivity contribution is -0.120. The SMILES string of the molecule is Cc1cc(N=Nc2cc(SCCCS(=O)(=O)O)c(N=Nc3cc(OCCCS(=O)(=O)O)c(N=Nc4c(C)c(C#N)c5nc6ccc(CO)cc6n5c4O)cc3C)cc2C)c(SCCCS(=O)(=O)O)cc1N=Nc1ccc(Cl)c(OC=O)c1. The number of azo groups is 4. The van der Waals surface area contributed by atoms with E-state index in [1.807, 2.05) is 0 Å². The number of benzene rings is 5. The van der Waals surface area contributed by atoms with E-state index in [0.717, 1.165) is 0 Å². The molecule has 0 saturated heterocycles. The second-order valence-electron chi connectivity index (χ2n) is 17.9. The molecule has 0 spiro atoms. The van der Waals surface area contributed by atoms with Crippen LogP contribution in [0.3, 0.4) is 0 Å². The molecule has 0 aliphatic heterocycles. The van der Waals surface area contributed by atoms with Gasteiger partial charge in [0.25, 0.3) is 36.8 Å². The topological polar surface area (TPSA) is 379 Å². The molecule has 2 heterocycles. The number of ether oxygens (including phenoxy) is 2. The maximum atomic E-state index is 11.6. The van der Waals surface area contributed by atoms with Gasteiger partial charge < -0.3 is 19.7 Å². The lowest BCUT2D eigenvalue weighted by Gasteiger charge is -2.12. The summed E-state index contributed by atoms with van der Waals surface area (Å²) in [6.45, 7) is 6.46. The van der Waals surface area contributed by atoms with Crippen LogP contribution in [0.1, 0.15) is 52.6 Å². The van der Waals surface area contributed by atoms with Crippen molar-refractivity contribution in [3.63, 3.8) is 0 Å². The summed E-state index contributed by atoms with van der Waals surface area (Å²) in [5.74, 6) is -1.47. The first kappa shape index (κ1) is 62.3. The Hall–Kier alpha value is -7.31. The minimum Gasteiger partial charge on any atom is -0.493 e. The van der Waals surface area contributed by atoms with E-state index in [9.17, 15) is 59.2 Å². The summed E-state index contributed by atoms with van der Waals surface area (Å²) in [4.78, 5) is 16.5. The van der Waals surface area contributed by atoms with Gasteiger partial charge in [0.05, 0.1) is 80.7 Å². The van der Waals surface area contributed by atoms with Crippen molar-refractivity contribution < 1.29 is 63.4 Å². The molecular formula is C51H50ClN11O14S5. The first-order chi connectivity index (χ1) is 38.8. The zero-order chi connectivity index (χ0) is 59.5. The van der Waals surface area contributed by atoms with E-state index < -0.39 is 53.5 Å². The van der Waals surface area contributed by atoms with Crippen molar-refractivity contribution in [1.82, 2.24) is 9.38 Å². The lowest BCUT2D eigenvalue weighted by Crippen LogP contribution is -2.08. The van der Waals surface area contributed by atoms with Gasteiger partial charge in [0.1, 0.15) is 23.1 Å². The number of hydrogen-bond donors (Lipinski definition) is 5. The molecule has 0 amide bonds. The molecule has 7 rings (SSSR count). The number of halogens is 1. The molecule has 82 heavy (non-hydrogen) atoms. The third-order valence-corrected chi connectivity index (χ3v) is 16.8. The molecule has 0 radical (unpaired) electrons. The van der Waals surface area contributed by atoms with Crippen molar-refractivity contribution in [2.45, 2.75) is 63.4 Å². The number of aromatic hydroxyl groups is 1. The second kappa shape index (κ2) is 27.2. The Kier molecular flexibility index (Phi) is 20.6. The van der Waals surface area contributed by atoms with Gasteiger partial charge in [0.2, 0.25) is 5.88 Å². The van der Waals surface area contributed by atoms with Gasteiger partial charge in [0, 0.05) is 27.5 Å². The fraction of sp³-hybridized carbons (Fsp3) is 0.275. The zero-order valence-corrected chi connectivity index (χ0v) is 48.7. The van der Waals surface area contributed by atoms with E-state index in [-0.39, 0.29) is 101 Å². The Balaban J connectivity index is 1.25. The number of nitrogens with zero attached hydrogens (tertiary/aromatic N) is 11. The number of nitriles is 1. The average molecular weight is 1240 g/mol. The maximum Gasteiger partial charge on any atom is 0.298 e. The van der Waals surface area contributed by atoms with Crippen LogP contribution in [0.5, 0.6) is 17.4 Å². The third-order valence-electron chi connectivity index (χ3n) is 11.8. The van der Waals surface area contributed by atoms with E-state index in [4.69, 9.17) is 21.1 Å². The highest BCUT2D eigenvalue weighted by atomic mass is 35.5. The molecule has 0 aliphatic rings. The smallest absolute Gasteiger partial charge is 0.298 e. The summed E-state index contributed by atoms with van der Waals surface area (Å²) in [5.41, 5.74) is 5.54. The van der Waals surface area contributed by atoms with Crippen LogP contribution in [-0.4, -0.2) is 100 Å². The summed E-state index contributed by atoms with van der Waals surface area (Å²) < 4.78 is 110. The predicted octanol–water partition coefficient (Wildman–Crippen LogP) is 13.0. The molecule has 25 nitrogen and oxygen atoms in total. The van der Waals surface area contributed by atoms with E-state index in [0.29, 0.717) is 71.5 Å². The largest absolute Gasteiger partial charge is 0.493 e. The molecule has 0 fully saturated rings. The number of rotatable bonds is 26. The van der Waals surface area contributed by atoms with Gasteiger partial charge in [-0.15, -0.1) is 44.0 Å². The number of aromatic nitrogens is 2. The molecule has 5 aromatic carbocycles. The van der Waals surface area contributed by atoms with Crippen LogP contribution in [0.2, 0.25) is 5.02 Å². The van der Waals surface area contributed by atoms with E-state index >= 15 is 0 Å². The number of carbonyl (C=O) groups excluding carboxylic acids is 1. The molecule has 0 aliphatic carbocycles. The monoisotopic (exact) mass is 1240 g/mol. The first-order valence-electron chi connectivity index (χ1n) is 24.3. The number of imidazole rings is 1. The van der Waals surface area contributed by atoms with Crippen LogP contribution in [0.25, 0.3) is 16.7 Å². The Morgan fingerprint density at radius 2 is 1.18 bits per heavy atom. The van der Waals surface area contributed by atoms with Gasteiger partial charge in [-0.25, -0.2) is 4.98 Å². The highest BCUT2D eigenvalue weighted by Crippen LogP contribution is 2.44. The number of pyridine rings is 1. The predicted molar refractivity (Wildman–Crippen MR) is 308 cm³/mol. The number of aryl methyl sites for hydroxylation is 3. The lowest BCUT2D eigenvalue weighted by atomic mass is 10.1. The summed E-state index contributed by atoms with van der Waals surface area (Å²) in [6.07, 6.45) is 0.0151. The highest BCUT2D eigenvalue weighted by Gasteiger charge is 2.22. The zero-order valence-electron chi connectivity index (χ0n) is 43.8. The number of hydrogen-bond acceptors (Lipinski definition) is 23. The van der Waals surface area contributed by atoms with Gasteiger partial charge in [-0.05, 0) is 135 Å². The molecule has 7 aromatic rings. The van der Waals surface area contributed by atoms with Gasteiger partial charge in [-0.1, -0.05) is 17.7 Å². The van der Waals surface area contributed by atoms with Gasteiger partial charge in [-0.2, -0.15) is 51.0 Å². The van der Waals surface area contributed by atoms with Crippen LogP contribution in [0, 0.1) is 39.0 Å². The van der Waals surface area contributed by atoms with Crippen molar-refractivity contribution in [2.75, 3.05) is 35.4 Å². The summed E-state index contributed by atoms with van der Waals surface area (Å²) in [5, 5.41) is 67.6. The Bertz CT molecular complexity index is 4140. The molecular weight excluding hydrogens is 1190 g/mol. The molecule has 5 N–H and O–H groups in total. The quantitative estimate of drug-likeness (QED) is 0.0110. The summed E-state index contributed by atoms with van der Waals surface area (Å²) in [7, 11) is -12.9. The van der Waals surface area contributed by atoms with Crippen LogP contribution >= 0.6 is 35.1 Å². The summed E-state index contributed by atoms with van der Waals surface area (Å²) >= 11 is 8.54. The minimum absolute atomic E-state index is 0.0356. The summed E-state index contributed by atoms with van der Waals surface area (Å²) in [6, 6.07) is 21.2. The molecule has 0 saturated carbocycles. The van der Waals surface area contributed by atoms with Crippen LogP contribution in [0.15, 0.2) is 124 Å².